The van der Waals surface area contributed by atoms with E-state index in [1.165, 1.54) is 13.2 Å². The van der Waals surface area contributed by atoms with Crippen molar-refractivity contribution in [1.82, 2.24) is 0 Å². The van der Waals surface area contributed by atoms with Crippen LogP contribution in [0.25, 0.3) is 0 Å². The molecule has 0 aliphatic carbocycles. The summed E-state index contributed by atoms with van der Waals surface area (Å²) in [5.41, 5.74) is 7.24. The quantitative estimate of drug-likeness (QED) is 0.735. The summed E-state index contributed by atoms with van der Waals surface area (Å²) in [5, 5.41) is 11.6. The zero-order chi connectivity index (χ0) is 13.9. The van der Waals surface area contributed by atoms with Gasteiger partial charge in [-0.25, -0.2) is 4.39 Å². The van der Waals surface area contributed by atoms with E-state index in [9.17, 15) is 9.18 Å². The number of hydrogen-bond acceptors (Lipinski definition) is 4. The highest BCUT2D eigenvalue weighted by Gasteiger charge is 2.19. The molecule has 0 radical (unpaired) electrons. The van der Waals surface area contributed by atoms with E-state index in [1.807, 2.05) is 0 Å². The van der Waals surface area contributed by atoms with E-state index in [2.05, 4.69) is 5.32 Å². The lowest BCUT2D eigenvalue weighted by Gasteiger charge is -2.17. The Hall–Kier alpha value is -1.82. The third kappa shape index (κ3) is 2.70. The number of hydrogen-bond donors (Lipinski definition) is 3. The highest BCUT2D eigenvalue weighted by atomic mass is 19.1. The van der Waals surface area contributed by atoms with Gasteiger partial charge in [0, 0.05) is 7.05 Å². The number of benzene rings is 1. The number of carboxylic acids is 1. The Morgan fingerprint density at radius 3 is 2.72 bits per heavy atom. The maximum atomic E-state index is 13.8. The molecule has 0 aromatic heterocycles. The first-order chi connectivity index (χ1) is 8.42. The molecule has 0 saturated heterocycles. The van der Waals surface area contributed by atoms with Gasteiger partial charge in [0.1, 0.15) is 6.04 Å². The van der Waals surface area contributed by atoms with Crippen molar-refractivity contribution < 1.29 is 19.0 Å². The van der Waals surface area contributed by atoms with Crippen LogP contribution in [0.1, 0.15) is 11.1 Å². The molecule has 1 rings (SSSR count). The zero-order valence-corrected chi connectivity index (χ0v) is 10.6. The van der Waals surface area contributed by atoms with Crippen molar-refractivity contribution in [2.45, 2.75) is 19.4 Å². The van der Waals surface area contributed by atoms with Crippen LogP contribution in [-0.4, -0.2) is 31.3 Å². The SMILES string of the molecule is CNc1c(C)c(CC(N)C(=O)O)cc(F)c1OC. The largest absolute Gasteiger partial charge is 0.492 e. The van der Waals surface area contributed by atoms with E-state index >= 15 is 0 Å². The van der Waals surface area contributed by atoms with Gasteiger partial charge in [0.15, 0.2) is 11.6 Å². The highest BCUT2D eigenvalue weighted by molar-refractivity contribution is 5.74. The molecular formula is C12H17FN2O3. The van der Waals surface area contributed by atoms with Crippen molar-refractivity contribution in [2.75, 3.05) is 19.5 Å². The third-order valence-corrected chi connectivity index (χ3v) is 2.81. The molecule has 1 unspecified atom stereocenters. The van der Waals surface area contributed by atoms with Gasteiger partial charge < -0.3 is 20.9 Å². The smallest absolute Gasteiger partial charge is 0.320 e. The maximum Gasteiger partial charge on any atom is 0.320 e. The van der Waals surface area contributed by atoms with Crippen LogP contribution in [-0.2, 0) is 11.2 Å². The maximum absolute atomic E-state index is 13.8. The molecule has 4 N–H and O–H groups in total. The summed E-state index contributed by atoms with van der Waals surface area (Å²) in [7, 11) is 3.02. The highest BCUT2D eigenvalue weighted by Crippen LogP contribution is 2.33. The van der Waals surface area contributed by atoms with Gasteiger partial charge in [-0.2, -0.15) is 0 Å². The van der Waals surface area contributed by atoms with Crippen LogP contribution in [0, 0.1) is 12.7 Å². The van der Waals surface area contributed by atoms with E-state index in [0.29, 0.717) is 11.3 Å². The summed E-state index contributed by atoms with van der Waals surface area (Å²) in [6, 6.07) is 0.207. The summed E-state index contributed by atoms with van der Waals surface area (Å²) in [5.74, 6) is -1.54. The Balaban J connectivity index is 3.22. The molecule has 0 aliphatic rings. The van der Waals surface area contributed by atoms with Gasteiger partial charge in [0.05, 0.1) is 12.8 Å². The molecule has 0 spiro atoms. The first-order valence-corrected chi connectivity index (χ1v) is 5.44. The van der Waals surface area contributed by atoms with Crippen LogP contribution in [0.15, 0.2) is 6.07 Å². The number of anilines is 1. The van der Waals surface area contributed by atoms with Crippen LogP contribution in [0.5, 0.6) is 5.75 Å². The molecule has 0 aliphatic heterocycles. The first-order valence-electron chi connectivity index (χ1n) is 5.44. The minimum atomic E-state index is -1.11. The lowest BCUT2D eigenvalue weighted by molar-refractivity contribution is -0.138. The summed E-state index contributed by atoms with van der Waals surface area (Å²) in [6.07, 6.45) is 0.0662. The molecule has 6 heteroatoms. The van der Waals surface area contributed by atoms with Crippen LogP contribution >= 0.6 is 0 Å². The predicted molar refractivity (Wildman–Crippen MR) is 66.6 cm³/mol. The fourth-order valence-electron chi connectivity index (χ4n) is 1.81. The van der Waals surface area contributed by atoms with Crippen molar-refractivity contribution >= 4 is 11.7 Å². The average Bonchev–Trinajstić information content (AvgIpc) is 2.32. The number of halogens is 1. The Bertz CT molecular complexity index is 463. The monoisotopic (exact) mass is 256 g/mol. The van der Waals surface area contributed by atoms with Gasteiger partial charge in [-0.3, -0.25) is 4.79 Å². The Labute approximate surface area is 105 Å². The molecule has 5 nitrogen and oxygen atoms in total. The minimum Gasteiger partial charge on any atom is -0.492 e. The van der Waals surface area contributed by atoms with Crippen molar-refractivity contribution in [3.05, 3.63) is 23.0 Å². The van der Waals surface area contributed by atoms with Gasteiger partial charge in [-0.1, -0.05) is 0 Å². The van der Waals surface area contributed by atoms with Gasteiger partial charge in [-0.15, -0.1) is 0 Å². The molecule has 0 bridgehead atoms. The van der Waals surface area contributed by atoms with Crippen molar-refractivity contribution in [2.24, 2.45) is 5.73 Å². The molecule has 1 aromatic rings. The second kappa shape index (κ2) is 5.68. The van der Waals surface area contributed by atoms with Gasteiger partial charge >= 0.3 is 5.97 Å². The van der Waals surface area contributed by atoms with Crippen molar-refractivity contribution in [1.29, 1.82) is 0 Å². The number of aliphatic carboxylic acids is 1. The van der Waals surface area contributed by atoms with Crippen LogP contribution < -0.4 is 15.8 Å². The summed E-state index contributed by atoms with van der Waals surface area (Å²) < 4.78 is 18.7. The summed E-state index contributed by atoms with van der Waals surface area (Å²) in [6.45, 7) is 1.76. The number of ether oxygens (including phenoxy) is 1. The average molecular weight is 256 g/mol. The molecule has 0 heterocycles. The lowest BCUT2D eigenvalue weighted by Crippen LogP contribution is -2.32. The number of carboxylic acid groups (broad SMARTS) is 1. The minimum absolute atomic E-state index is 0.0662. The predicted octanol–water partition coefficient (Wildman–Crippen LogP) is 1.14. The number of nitrogens with one attached hydrogen (secondary N) is 1. The number of rotatable bonds is 5. The fourth-order valence-corrected chi connectivity index (χ4v) is 1.81. The first kappa shape index (κ1) is 14.2. The van der Waals surface area contributed by atoms with E-state index in [1.54, 1.807) is 14.0 Å². The van der Waals surface area contributed by atoms with Crippen LogP contribution in [0.3, 0.4) is 0 Å². The molecule has 18 heavy (non-hydrogen) atoms. The topological polar surface area (TPSA) is 84.6 Å². The second-order valence-corrected chi connectivity index (χ2v) is 3.95. The second-order valence-electron chi connectivity index (χ2n) is 3.95. The standard InChI is InChI=1S/C12H17FN2O3/c1-6-7(5-9(14)12(16)17)4-8(13)11(18-3)10(6)15-2/h4,9,15H,5,14H2,1-3H3,(H,16,17). The molecule has 100 valence electrons. The molecule has 0 saturated carbocycles. The van der Waals surface area contributed by atoms with Crippen LogP contribution in [0.4, 0.5) is 10.1 Å². The van der Waals surface area contributed by atoms with Crippen molar-refractivity contribution in [3.63, 3.8) is 0 Å². The fraction of sp³-hybridized carbons (Fsp3) is 0.417. The number of carbonyl (C=O) groups is 1. The Morgan fingerprint density at radius 2 is 2.28 bits per heavy atom. The van der Waals surface area contributed by atoms with E-state index in [0.717, 1.165) is 5.56 Å². The zero-order valence-electron chi connectivity index (χ0n) is 10.6. The van der Waals surface area contributed by atoms with E-state index in [4.69, 9.17) is 15.6 Å². The van der Waals surface area contributed by atoms with Crippen LogP contribution in [0.2, 0.25) is 0 Å². The molecule has 1 aromatic carbocycles. The molecule has 1 atom stereocenters. The van der Waals surface area contributed by atoms with Crippen molar-refractivity contribution in [3.8, 4) is 5.75 Å². The lowest BCUT2D eigenvalue weighted by atomic mass is 9.99. The Morgan fingerprint density at radius 1 is 1.67 bits per heavy atom. The normalized spacial score (nSPS) is 12.1. The molecule has 0 fully saturated rings. The third-order valence-electron chi connectivity index (χ3n) is 2.81. The molecular weight excluding hydrogens is 239 g/mol. The van der Waals surface area contributed by atoms with Gasteiger partial charge in [-0.05, 0) is 30.5 Å². The van der Waals surface area contributed by atoms with E-state index in [-0.39, 0.29) is 12.2 Å². The van der Waals surface area contributed by atoms with Gasteiger partial charge in [0.2, 0.25) is 0 Å². The van der Waals surface area contributed by atoms with E-state index < -0.39 is 17.8 Å². The Kier molecular flexibility index (Phi) is 4.49. The number of nitrogens with two attached hydrogens (primary N) is 1. The molecule has 0 amide bonds. The number of methoxy groups -OCH3 is 1. The summed E-state index contributed by atoms with van der Waals surface area (Å²) >= 11 is 0. The van der Waals surface area contributed by atoms with Gasteiger partial charge in [0.25, 0.3) is 0 Å². The summed E-state index contributed by atoms with van der Waals surface area (Å²) in [4.78, 5) is 10.7.